The summed E-state index contributed by atoms with van der Waals surface area (Å²) in [6, 6.07) is 1.24. The summed E-state index contributed by atoms with van der Waals surface area (Å²) in [5, 5.41) is 0. The third-order valence-corrected chi connectivity index (χ3v) is 4.62. The predicted octanol–water partition coefficient (Wildman–Crippen LogP) is 3.11. The van der Waals surface area contributed by atoms with Gasteiger partial charge in [-0.15, -0.1) is 0 Å². The molecule has 0 unspecified atom stereocenters. The predicted molar refractivity (Wildman–Crippen MR) is 64.1 cm³/mol. The Morgan fingerprint density at radius 2 is 1.38 bits per heavy atom. The lowest BCUT2D eigenvalue weighted by Gasteiger charge is -2.39. The Balaban J connectivity index is 1.66. The molecule has 0 radical (unpaired) electrons. The molecule has 3 saturated carbocycles. The standard InChI is InChI=1S/C14H23NO/c16-14(11-5-4-6-11)15(13-9-10-13)12-7-2-1-3-8-12/h11-13H,1-10H2. The fourth-order valence-electron chi connectivity index (χ4n) is 3.24. The molecule has 3 aliphatic carbocycles. The van der Waals surface area contributed by atoms with Crippen LogP contribution in [0.3, 0.4) is 0 Å². The van der Waals surface area contributed by atoms with Crippen LogP contribution < -0.4 is 0 Å². The maximum Gasteiger partial charge on any atom is 0.226 e. The lowest BCUT2D eigenvalue weighted by Crippen LogP contribution is -2.47. The van der Waals surface area contributed by atoms with Gasteiger partial charge in [-0.1, -0.05) is 25.7 Å². The van der Waals surface area contributed by atoms with Crippen LogP contribution in [0.2, 0.25) is 0 Å². The van der Waals surface area contributed by atoms with Crippen molar-refractivity contribution in [1.82, 2.24) is 4.90 Å². The van der Waals surface area contributed by atoms with Gasteiger partial charge in [0.1, 0.15) is 0 Å². The fraction of sp³-hybridized carbons (Fsp3) is 0.929. The number of hydrogen-bond donors (Lipinski definition) is 0. The van der Waals surface area contributed by atoms with Crippen molar-refractivity contribution < 1.29 is 4.79 Å². The van der Waals surface area contributed by atoms with Crippen LogP contribution in [-0.2, 0) is 4.79 Å². The average Bonchev–Trinajstić information content (AvgIpc) is 3.01. The second kappa shape index (κ2) is 4.38. The van der Waals surface area contributed by atoms with Gasteiger partial charge in [0, 0.05) is 18.0 Å². The molecule has 0 aliphatic heterocycles. The molecule has 0 atom stereocenters. The molecule has 0 aromatic rings. The lowest BCUT2D eigenvalue weighted by atomic mass is 9.83. The van der Waals surface area contributed by atoms with E-state index in [2.05, 4.69) is 4.90 Å². The zero-order valence-electron chi connectivity index (χ0n) is 10.2. The van der Waals surface area contributed by atoms with E-state index in [1.54, 1.807) is 0 Å². The first kappa shape index (κ1) is 10.6. The summed E-state index contributed by atoms with van der Waals surface area (Å²) >= 11 is 0. The van der Waals surface area contributed by atoms with Gasteiger partial charge in [0.05, 0.1) is 0 Å². The summed E-state index contributed by atoms with van der Waals surface area (Å²) in [6.07, 6.45) is 12.8. The summed E-state index contributed by atoms with van der Waals surface area (Å²) in [5.41, 5.74) is 0. The molecule has 3 aliphatic rings. The first-order chi connectivity index (χ1) is 7.86. The summed E-state index contributed by atoms with van der Waals surface area (Å²) in [6.45, 7) is 0. The van der Waals surface area contributed by atoms with E-state index in [-0.39, 0.29) is 0 Å². The SMILES string of the molecule is O=C(C1CCC1)N(C1CCCCC1)C1CC1. The molecule has 0 spiro atoms. The zero-order chi connectivity index (χ0) is 11.0. The molecule has 0 N–H and O–H groups in total. The second-order valence-electron chi connectivity index (χ2n) is 5.90. The molecule has 0 saturated heterocycles. The second-order valence-corrected chi connectivity index (χ2v) is 5.90. The van der Waals surface area contributed by atoms with Crippen LogP contribution in [0, 0.1) is 5.92 Å². The highest BCUT2D eigenvalue weighted by Gasteiger charge is 2.41. The van der Waals surface area contributed by atoms with Crippen molar-refractivity contribution >= 4 is 5.91 Å². The summed E-state index contributed by atoms with van der Waals surface area (Å²) in [4.78, 5) is 14.8. The quantitative estimate of drug-likeness (QED) is 0.717. The summed E-state index contributed by atoms with van der Waals surface area (Å²) in [7, 11) is 0. The van der Waals surface area contributed by atoms with Crippen molar-refractivity contribution in [2.24, 2.45) is 5.92 Å². The van der Waals surface area contributed by atoms with Gasteiger partial charge in [-0.2, -0.15) is 0 Å². The van der Waals surface area contributed by atoms with Gasteiger partial charge in [-0.05, 0) is 38.5 Å². The molecule has 0 heterocycles. The van der Waals surface area contributed by atoms with Crippen molar-refractivity contribution in [2.45, 2.75) is 76.3 Å². The van der Waals surface area contributed by atoms with E-state index in [1.165, 1.54) is 51.4 Å². The number of amides is 1. The van der Waals surface area contributed by atoms with E-state index >= 15 is 0 Å². The number of rotatable bonds is 3. The van der Waals surface area contributed by atoms with Crippen LogP contribution >= 0.6 is 0 Å². The Labute approximate surface area is 98.4 Å². The molecule has 2 heteroatoms. The van der Waals surface area contributed by atoms with Crippen LogP contribution in [0.4, 0.5) is 0 Å². The minimum atomic E-state index is 0.405. The molecule has 0 aromatic carbocycles. The molecule has 90 valence electrons. The van der Waals surface area contributed by atoms with Crippen molar-refractivity contribution in [3.63, 3.8) is 0 Å². The van der Waals surface area contributed by atoms with E-state index in [9.17, 15) is 4.79 Å². The molecule has 3 rings (SSSR count). The maximum atomic E-state index is 12.4. The van der Waals surface area contributed by atoms with Crippen LogP contribution in [-0.4, -0.2) is 22.9 Å². The Bertz CT molecular complexity index is 262. The van der Waals surface area contributed by atoms with Gasteiger partial charge in [-0.3, -0.25) is 4.79 Å². The monoisotopic (exact) mass is 221 g/mol. The van der Waals surface area contributed by atoms with Gasteiger partial charge in [0.15, 0.2) is 0 Å². The van der Waals surface area contributed by atoms with E-state index in [1.807, 2.05) is 0 Å². The number of carbonyl (C=O) groups excluding carboxylic acids is 1. The van der Waals surface area contributed by atoms with Crippen LogP contribution in [0.5, 0.6) is 0 Å². The first-order valence-corrected chi connectivity index (χ1v) is 7.18. The van der Waals surface area contributed by atoms with Gasteiger partial charge in [0.2, 0.25) is 5.91 Å². The smallest absolute Gasteiger partial charge is 0.226 e. The number of carbonyl (C=O) groups is 1. The third-order valence-electron chi connectivity index (χ3n) is 4.62. The minimum Gasteiger partial charge on any atom is -0.336 e. The lowest BCUT2D eigenvalue weighted by molar-refractivity contribution is -0.142. The maximum absolute atomic E-state index is 12.4. The molecule has 16 heavy (non-hydrogen) atoms. The van der Waals surface area contributed by atoms with E-state index in [4.69, 9.17) is 0 Å². The highest BCUT2D eigenvalue weighted by atomic mass is 16.2. The van der Waals surface area contributed by atoms with Crippen LogP contribution in [0.25, 0.3) is 0 Å². The molecule has 3 fully saturated rings. The van der Waals surface area contributed by atoms with Gasteiger partial charge in [0.25, 0.3) is 0 Å². The van der Waals surface area contributed by atoms with Crippen molar-refractivity contribution in [2.75, 3.05) is 0 Å². The fourth-order valence-corrected chi connectivity index (χ4v) is 3.24. The van der Waals surface area contributed by atoms with Gasteiger partial charge < -0.3 is 4.90 Å². The molecule has 0 aromatic heterocycles. The third kappa shape index (κ3) is 1.99. The molecule has 2 nitrogen and oxygen atoms in total. The van der Waals surface area contributed by atoms with Crippen LogP contribution in [0.1, 0.15) is 64.2 Å². The Kier molecular flexibility index (Phi) is 2.91. The highest BCUT2D eigenvalue weighted by molar-refractivity contribution is 5.80. The van der Waals surface area contributed by atoms with Crippen LogP contribution in [0.15, 0.2) is 0 Å². The van der Waals surface area contributed by atoms with Gasteiger partial charge >= 0.3 is 0 Å². The Hall–Kier alpha value is -0.530. The molecule has 1 amide bonds. The molecular weight excluding hydrogens is 198 g/mol. The first-order valence-electron chi connectivity index (χ1n) is 7.18. The van der Waals surface area contributed by atoms with E-state index in [0.29, 0.717) is 23.9 Å². The van der Waals surface area contributed by atoms with Crippen molar-refractivity contribution in [1.29, 1.82) is 0 Å². The summed E-state index contributed by atoms with van der Waals surface area (Å²) < 4.78 is 0. The molecular formula is C14H23NO. The average molecular weight is 221 g/mol. The Morgan fingerprint density at radius 1 is 0.750 bits per heavy atom. The zero-order valence-corrected chi connectivity index (χ0v) is 10.2. The highest BCUT2D eigenvalue weighted by Crippen LogP contribution is 2.38. The van der Waals surface area contributed by atoms with Crippen molar-refractivity contribution in [3.05, 3.63) is 0 Å². The normalized spacial score (nSPS) is 27.5. The summed E-state index contributed by atoms with van der Waals surface area (Å²) in [5.74, 6) is 0.920. The molecule has 0 bridgehead atoms. The van der Waals surface area contributed by atoms with E-state index in [0.717, 1.165) is 12.8 Å². The number of hydrogen-bond acceptors (Lipinski definition) is 1. The number of nitrogens with zero attached hydrogens (tertiary/aromatic N) is 1. The van der Waals surface area contributed by atoms with E-state index < -0.39 is 0 Å². The van der Waals surface area contributed by atoms with Gasteiger partial charge in [-0.25, -0.2) is 0 Å². The largest absolute Gasteiger partial charge is 0.336 e. The van der Waals surface area contributed by atoms with Crippen molar-refractivity contribution in [3.8, 4) is 0 Å². The Morgan fingerprint density at radius 3 is 1.88 bits per heavy atom. The minimum absolute atomic E-state index is 0.405. The topological polar surface area (TPSA) is 20.3 Å².